The van der Waals surface area contributed by atoms with Crippen molar-refractivity contribution >= 4 is 17.2 Å². The van der Waals surface area contributed by atoms with Gasteiger partial charge in [0.25, 0.3) is 0 Å². The number of hydrogen-bond acceptors (Lipinski definition) is 1. The average molecular weight is 301 g/mol. The highest BCUT2D eigenvalue weighted by Gasteiger charge is 2.48. The predicted octanol–water partition coefficient (Wildman–Crippen LogP) is 5.15. The molecule has 2 atom stereocenters. The molecule has 0 amide bonds. The second-order valence-electron chi connectivity index (χ2n) is 7.85. The molecule has 2 saturated heterocycles. The van der Waals surface area contributed by atoms with Gasteiger partial charge in [-0.05, 0) is 49.0 Å². The summed E-state index contributed by atoms with van der Waals surface area (Å²) in [6, 6.07) is 11.1. The van der Waals surface area contributed by atoms with E-state index in [1.807, 2.05) is 0 Å². The second-order valence-corrected chi connectivity index (χ2v) is 8.32. The van der Waals surface area contributed by atoms with Gasteiger partial charge in [-0.25, -0.2) is 0 Å². The van der Waals surface area contributed by atoms with Crippen molar-refractivity contribution in [3.8, 4) is 0 Å². The van der Waals surface area contributed by atoms with Crippen molar-refractivity contribution in [1.29, 1.82) is 0 Å². The molecule has 0 radical (unpaired) electrons. The fraction of sp³-hybridized carbons (Fsp3) is 0.632. The minimum absolute atomic E-state index is 0.160. The highest BCUT2D eigenvalue weighted by atomic mass is 32.1. The zero-order chi connectivity index (χ0) is 15.1. The van der Waals surface area contributed by atoms with Gasteiger partial charge in [-0.1, -0.05) is 63.3 Å². The fourth-order valence-corrected chi connectivity index (χ4v) is 4.69. The lowest BCUT2D eigenvalue weighted by molar-refractivity contribution is 0.128. The maximum atomic E-state index is 5.80. The molecule has 114 valence electrons. The van der Waals surface area contributed by atoms with Gasteiger partial charge < -0.3 is 4.90 Å². The Labute approximate surface area is 134 Å². The summed E-state index contributed by atoms with van der Waals surface area (Å²) >= 11 is 5.80. The molecule has 0 spiro atoms. The molecule has 0 N–H and O–H groups in total. The van der Waals surface area contributed by atoms with E-state index in [2.05, 4.69) is 56.0 Å². The SMILES string of the molecule is CC(C)(C)[C@H]1CCC(=S)N2CCC[C@]2(c2ccccc2)C1. The van der Waals surface area contributed by atoms with Crippen LogP contribution in [0, 0.1) is 11.3 Å². The first-order chi connectivity index (χ1) is 9.93. The molecule has 1 aromatic carbocycles. The van der Waals surface area contributed by atoms with E-state index in [9.17, 15) is 0 Å². The van der Waals surface area contributed by atoms with Crippen molar-refractivity contribution < 1.29 is 0 Å². The van der Waals surface area contributed by atoms with Gasteiger partial charge in [0.2, 0.25) is 0 Å². The molecule has 0 aliphatic carbocycles. The van der Waals surface area contributed by atoms with Gasteiger partial charge in [0, 0.05) is 6.54 Å². The van der Waals surface area contributed by atoms with E-state index in [0.717, 1.165) is 18.9 Å². The summed E-state index contributed by atoms with van der Waals surface area (Å²) in [4.78, 5) is 3.77. The van der Waals surface area contributed by atoms with E-state index in [1.165, 1.54) is 36.2 Å². The summed E-state index contributed by atoms with van der Waals surface area (Å²) in [6.07, 6.45) is 6.11. The lowest BCUT2D eigenvalue weighted by atomic mass is 9.70. The maximum absolute atomic E-state index is 5.80. The zero-order valence-electron chi connectivity index (χ0n) is 13.6. The third-order valence-corrected chi connectivity index (χ3v) is 6.04. The Balaban J connectivity index is 2.06. The molecule has 21 heavy (non-hydrogen) atoms. The van der Waals surface area contributed by atoms with Crippen LogP contribution >= 0.6 is 12.2 Å². The zero-order valence-corrected chi connectivity index (χ0v) is 14.4. The van der Waals surface area contributed by atoms with Crippen LogP contribution in [0.1, 0.15) is 58.4 Å². The Bertz CT molecular complexity index is 516. The lowest BCUT2D eigenvalue weighted by Gasteiger charge is -2.43. The Morgan fingerprint density at radius 3 is 2.57 bits per heavy atom. The van der Waals surface area contributed by atoms with Gasteiger partial charge in [-0.15, -0.1) is 0 Å². The monoisotopic (exact) mass is 301 g/mol. The maximum Gasteiger partial charge on any atom is 0.0786 e. The van der Waals surface area contributed by atoms with Crippen LogP contribution in [0.25, 0.3) is 0 Å². The predicted molar refractivity (Wildman–Crippen MR) is 93.5 cm³/mol. The Kier molecular flexibility index (Phi) is 3.85. The molecule has 0 unspecified atom stereocenters. The molecule has 1 nitrogen and oxygen atoms in total. The summed E-state index contributed by atoms with van der Waals surface area (Å²) in [5, 5.41) is 0. The van der Waals surface area contributed by atoms with Crippen LogP contribution in [-0.2, 0) is 5.54 Å². The molecule has 1 aromatic rings. The fourth-order valence-electron chi connectivity index (χ4n) is 4.30. The summed E-state index contributed by atoms with van der Waals surface area (Å²) in [5.74, 6) is 0.735. The van der Waals surface area contributed by atoms with Crippen LogP contribution < -0.4 is 0 Å². The van der Waals surface area contributed by atoms with E-state index < -0.39 is 0 Å². The van der Waals surface area contributed by atoms with Gasteiger partial charge in [0.05, 0.1) is 10.5 Å². The summed E-state index contributed by atoms with van der Waals surface area (Å²) in [5.41, 5.74) is 1.99. The molecule has 0 saturated carbocycles. The van der Waals surface area contributed by atoms with Crippen LogP contribution in [0.2, 0.25) is 0 Å². The smallest absolute Gasteiger partial charge is 0.0786 e. The lowest BCUT2D eigenvalue weighted by Crippen LogP contribution is -2.44. The van der Waals surface area contributed by atoms with E-state index in [0.29, 0.717) is 5.41 Å². The minimum atomic E-state index is 0.160. The van der Waals surface area contributed by atoms with Gasteiger partial charge in [-0.2, -0.15) is 0 Å². The van der Waals surface area contributed by atoms with Crippen LogP contribution in [0.4, 0.5) is 0 Å². The average Bonchev–Trinajstić information content (AvgIpc) is 2.82. The normalized spacial score (nSPS) is 30.1. The first-order valence-electron chi connectivity index (χ1n) is 8.29. The number of fused-ring (bicyclic) bond motifs is 1. The van der Waals surface area contributed by atoms with Crippen LogP contribution in [0.15, 0.2) is 30.3 Å². The van der Waals surface area contributed by atoms with E-state index >= 15 is 0 Å². The topological polar surface area (TPSA) is 3.24 Å². The van der Waals surface area contributed by atoms with Gasteiger partial charge in [0.1, 0.15) is 0 Å². The highest BCUT2D eigenvalue weighted by molar-refractivity contribution is 7.80. The van der Waals surface area contributed by atoms with Crippen LogP contribution in [0.5, 0.6) is 0 Å². The molecule has 0 bridgehead atoms. The molecular weight excluding hydrogens is 274 g/mol. The number of thiocarbonyl (C=S) groups is 1. The van der Waals surface area contributed by atoms with E-state index in [-0.39, 0.29) is 5.54 Å². The Morgan fingerprint density at radius 2 is 1.90 bits per heavy atom. The minimum Gasteiger partial charge on any atom is -0.356 e. The van der Waals surface area contributed by atoms with Crippen LogP contribution in [-0.4, -0.2) is 16.4 Å². The first kappa shape index (κ1) is 15.0. The highest BCUT2D eigenvalue weighted by Crippen LogP contribution is 2.50. The Morgan fingerprint density at radius 1 is 1.19 bits per heavy atom. The van der Waals surface area contributed by atoms with Gasteiger partial charge >= 0.3 is 0 Å². The van der Waals surface area contributed by atoms with Crippen molar-refractivity contribution in [3.63, 3.8) is 0 Å². The quantitative estimate of drug-likeness (QED) is 0.660. The molecule has 2 heteroatoms. The number of rotatable bonds is 1. The molecule has 3 rings (SSSR count). The first-order valence-corrected chi connectivity index (χ1v) is 8.70. The number of nitrogens with zero attached hydrogens (tertiary/aromatic N) is 1. The summed E-state index contributed by atoms with van der Waals surface area (Å²) in [7, 11) is 0. The van der Waals surface area contributed by atoms with E-state index in [1.54, 1.807) is 0 Å². The molecule has 2 fully saturated rings. The number of hydrogen-bond donors (Lipinski definition) is 0. The van der Waals surface area contributed by atoms with Crippen LogP contribution in [0.3, 0.4) is 0 Å². The second kappa shape index (κ2) is 5.39. The molecule has 0 aromatic heterocycles. The molecule has 2 aliphatic heterocycles. The molecular formula is C19H27NS. The summed E-state index contributed by atoms with van der Waals surface area (Å²) < 4.78 is 0. The van der Waals surface area contributed by atoms with Crippen molar-refractivity contribution in [2.75, 3.05) is 6.54 Å². The van der Waals surface area contributed by atoms with E-state index in [4.69, 9.17) is 12.2 Å². The third-order valence-electron chi connectivity index (χ3n) is 5.62. The van der Waals surface area contributed by atoms with Gasteiger partial charge in [0.15, 0.2) is 0 Å². The third kappa shape index (κ3) is 2.63. The Hall–Kier alpha value is -0.890. The molecule has 2 heterocycles. The van der Waals surface area contributed by atoms with Crippen molar-refractivity contribution in [3.05, 3.63) is 35.9 Å². The number of benzene rings is 1. The van der Waals surface area contributed by atoms with Crippen molar-refractivity contribution in [1.82, 2.24) is 4.90 Å². The van der Waals surface area contributed by atoms with Crippen molar-refractivity contribution in [2.45, 2.75) is 58.4 Å². The molecule has 2 aliphatic rings. The standard InChI is InChI=1S/C19H27NS/c1-18(2,3)16-10-11-17(21)20-13-7-12-19(20,14-16)15-8-5-4-6-9-15/h4-6,8-9,16H,7,10-14H2,1-3H3/t16-,19+/m0/s1. The summed E-state index contributed by atoms with van der Waals surface area (Å²) in [6.45, 7) is 8.32. The van der Waals surface area contributed by atoms with Crippen molar-refractivity contribution in [2.24, 2.45) is 11.3 Å². The van der Waals surface area contributed by atoms with Gasteiger partial charge in [-0.3, -0.25) is 0 Å². The largest absolute Gasteiger partial charge is 0.356 e.